The van der Waals surface area contributed by atoms with Crippen molar-refractivity contribution in [3.05, 3.63) is 120 Å². The van der Waals surface area contributed by atoms with Crippen molar-refractivity contribution in [3.8, 4) is 11.5 Å². The highest BCUT2D eigenvalue weighted by Gasteiger charge is 2.33. The minimum absolute atomic E-state index is 0.0969. The van der Waals surface area contributed by atoms with E-state index in [2.05, 4.69) is 4.74 Å². The molecule has 44 heavy (non-hydrogen) atoms. The molecule has 0 aliphatic rings. The largest absolute Gasteiger partial charge is 0.573 e. The summed E-state index contributed by atoms with van der Waals surface area (Å²) in [6.07, 6.45) is -12.4. The van der Waals surface area contributed by atoms with Gasteiger partial charge in [-0.25, -0.2) is 0 Å². The van der Waals surface area contributed by atoms with Gasteiger partial charge in [-0.05, 0) is 65.9 Å². The van der Waals surface area contributed by atoms with Crippen molar-refractivity contribution in [2.45, 2.75) is 35.3 Å². The summed E-state index contributed by atoms with van der Waals surface area (Å²) in [5.41, 5.74) is -4.96. The number of aliphatic hydroxyl groups excluding tert-OH is 1. The molecule has 4 rings (SSSR count). The van der Waals surface area contributed by atoms with Gasteiger partial charge >= 0.3 is 18.0 Å². The van der Waals surface area contributed by atoms with E-state index in [1.165, 1.54) is 41.3 Å². The van der Waals surface area contributed by atoms with Crippen LogP contribution in [0.5, 0.6) is 11.5 Å². The lowest BCUT2D eigenvalue weighted by atomic mass is 10.0. The third-order valence-electron chi connectivity index (χ3n) is 6.03. The van der Waals surface area contributed by atoms with Gasteiger partial charge in [0.25, 0.3) is 0 Å². The number of ether oxygens (including phenoxy) is 2. The molecule has 0 spiro atoms. The number of alkyl halides is 9. The molecular formula is C30H22F9NO3S. The fourth-order valence-electron chi connectivity index (χ4n) is 4.19. The van der Waals surface area contributed by atoms with Crippen molar-refractivity contribution in [2.24, 2.45) is 0 Å². The number of aliphatic hydroxyl groups is 1. The summed E-state index contributed by atoms with van der Waals surface area (Å²) in [5, 5.41) is 11.1. The highest BCUT2D eigenvalue weighted by molar-refractivity contribution is 8.00. The zero-order valence-electron chi connectivity index (χ0n) is 22.2. The number of thioether (sulfide) groups is 1. The van der Waals surface area contributed by atoms with Gasteiger partial charge in [0.15, 0.2) is 6.23 Å². The second-order valence-corrected chi connectivity index (χ2v) is 10.4. The molecule has 0 bridgehead atoms. The minimum Gasteiger partial charge on any atom is -0.466 e. The van der Waals surface area contributed by atoms with Crippen LogP contribution in [0.1, 0.15) is 29.0 Å². The molecule has 2 unspecified atom stereocenters. The maximum absolute atomic E-state index is 13.2. The average Bonchev–Trinajstić information content (AvgIpc) is 2.93. The predicted octanol–water partition coefficient (Wildman–Crippen LogP) is 9.53. The SMILES string of the molecule is OC(CN(c1ccccc1)C(Oc1cccc(OC(F)(F)F)c1)c1cccc(SC(F)(F)F)c1)c1ccc(C(F)(F)F)cc1. The zero-order valence-corrected chi connectivity index (χ0v) is 23.0. The predicted molar refractivity (Wildman–Crippen MR) is 145 cm³/mol. The molecule has 2 atom stereocenters. The van der Waals surface area contributed by atoms with Crippen molar-refractivity contribution in [3.63, 3.8) is 0 Å². The Morgan fingerprint density at radius 1 is 0.682 bits per heavy atom. The van der Waals surface area contributed by atoms with Crippen LogP contribution in [-0.2, 0) is 6.18 Å². The van der Waals surface area contributed by atoms with E-state index in [1.807, 2.05) is 0 Å². The van der Waals surface area contributed by atoms with E-state index in [-0.39, 0.29) is 28.3 Å². The molecule has 0 aliphatic heterocycles. The molecule has 0 amide bonds. The summed E-state index contributed by atoms with van der Waals surface area (Å²) in [4.78, 5) is 1.21. The van der Waals surface area contributed by atoms with Gasteiger partial charge in [-0.15, -0.1) is 13.2 Å². The maximum atomic E-state index is 13.2. The zero-order chi connectivity index (χ0) is 32.1. The van der Waals surface area contributed by atoms with Gasteiger partial charge in [-0.3, -0.25) is 0 Å². The van der Waals surface area contributed by atoms with Crippen molar-refractivity contribution >= 4 is 17.4 Å². The molecule has 0 heterocycles. The Balaban J connectivity index is 1.77. The van der Waals surface area contributed by atoms with E-state index in [9.17, 15) is 44.6 Å². The van der Waals surface area contributed by atoms with E-state index in [0.717, 1.165) is 36.4 Å². The lowest BCUT2D eigenvalue weighted by Crippen LogP contribution is -2.36. The summed E-state index contributed by atoms with van der Waals surface area (Å²) in [6.45, 7) is -0.352. The molecule has 0 aliphatic carbocycles. The van der Waals surface area contributed by atoms with Crippen molar-refractivity contribution in [1.82, 2.24) is 0 Å². The van der Waals surface area contributed by atoms with E-state index in [4.69, 9.17) is 4.74 Å². The van der Waals surface area contributed by atoms with Crippen LogP contribution < -0.4 is 14.4 Å². The van der Waals surface area contributed by atoms with Crippen LogP contribution >= 0.6 is 11.8 Å². The van der Waals surface area contributed by atoms with E-state index < -0.39 is 53.5 Å². The highest BCUT2D eigenvalue weighted by atomic mass is 32.2. The number of nitrogens with zero attached hydrogens (tertiary/aromatic N) is 1. The number of halogens is 9. The van der Waals surface area contributed by atoms with Gasteiger partial charge in [0.1, 0.15) is 11.5 Å². The number of rotatable bonds is 10. The van der Waals surface area contributed by atoms with E-state index in [1.54, 1.807) is 30.3 Å². The first-order valence-corrected chi connectivity index (χ1v) is 13.4. The summed E-state index contributed by atoms with van der Waals surface area (Å²) in [7, 11) is 0. The summed E-state index contributed by atoms with van der Waals surface area (Å²) in [5.74, 6) is -0.776. The number of anilines is 1. The molecule has 4 aromatic rings. The smallest absolute Gasteiger partial charge is 0.466 e. The first-order valence-electron chi connectivity index (χ1n) is 12.6. The van der Waals surface area contributed by atoms with Crippen LogP contribution in [0, 0.1) is 0 Å². The highest BCUT2D eigenvalue weighted by Crippen LogP contribution is 2.40. The van der Waals surface area contributed by atoms with Gasteiger partial charge in [-0.2, -0.15) is 26.3 Å². The van der Waals surface area contributed by atoms with Crippen molar-refractivity contribution in [2.75, 3.05) is 11.4 Å². The van der Waals surface area contributed by atoms with E-state index >= 15 is 0 Å². The Hall–Kier alpha value is -4.04. The van der Waals surface area contributed by atoms with Gasteiger partial charge in [0.05, 0.1) is 18.2 Å². The number of para-hydroxylation sites is 1. The Kier molecular flexibility index (Phi) is 9.94. The second kappa shape index (κ2) is 13.3. The monoisotopic (exact) mass is 647 g/mol. The minimum atomic E-state index is -5.01. The van der Waals surface area contributed by atoms with Gasteiger partial charge < -0.3 is 19.5 Å². The first-order chi connectivity index (χ1) is 20.6. The standard InChI is InChI=1S/C30H22F9NO3S/c31-28(32,33)21-14-12-19(13-15-21)26(41)18-40(22-7-2-1-3-8-22)27(20-6-4-11-25(16-20)44-30(37,38)39)42-23-9-5-10-24(17-23)43-29(34,35)36/h1-17,26-27,41H,18H2. The number of hydrogen-bond donors (Lipinski definition) is 1. The molecule has 1 N–H and O–H groups in total. The summed E-state index contributed by atoms with van der Waals surface area (Å²) < 4.78 is 127. The fourth-order valence-corrected chi connectivity index (χ4v) is 4.80. The third-order valence-corrected chi connectivity index (χ3v) is 6.75. The molecule has 0 fully saturated rings. The fraction of sp³-hybridized carbons (Fsp3) is 0.200. The van der Waals surface area contributed by atoms with E-state index in [0.29, 0.717) is 5.69 Å². The van der Waals surface area contributed by atoms with Gasteiger partial charge in [0.2, 0.25) is 0 Å². The van der Waals surface area contributed by atoms with Gasteiger partial charge in [-0.1, -0.05) is 48.5 Å². The third kappa shape index (κ3) is 9.48. The van der Waals surface area contributed by atoms with Crippen LogP contribution in [0.2, 0.25) is 0 Å². The topological polar surface area (TPSA) is 41.9 Å². The Bertz CT molecular complexity index is 1510. The Labute approximate surface area is 249 Å². The Morgan fingerprint density at radius 3 is 1.93 bits per heavy atom. The van der Waals surface area contributed by atoms with Crippen LogP contribution in [0.25, 0.3) is 0 Å². The summed E-state index contributed by atoms with van der Waals surface area (Å²) in [6, 6.07) is 21.5. The molecular weight excluding hydrogens is 625 g/mol. The first kappa shape index (κ1) is 32.9. The second-order valence-electron chi connectivity index (χ2n) is 9.24. The summed E-state index contributed by atoms with van der Waals surface area (Å²) >= 11 is -0.391. The molecule has 0 aromatic heterocycles. The molecule has 4 aromatic carbocycles. The quantitative estimate of drug-likeness (QED) is 0.106. The molecule has 234 valence electrons. The molecule has 0 saturated heterocycles. The lowest BCUT2D eigenvalue weighted by Gasteiger charge is -2.36. The molecule has 0 saturated carbocycles. The number of hydrogen-bond acceptors (Lipinski definition) is 5. The van der Waals surface area contributed by atoms with Crippen LogP contribution in [0.3, 0.4) is 0 Å². The average molecular weight is 648 g/mol. The molecule has 0 radical (unpaired) electrons. The lowest BCUT2D eigenvalue weighted by molar-refractivity contribution is -0.274. The van der Waals surface area contributed by atoms with Crippen LogP contribution in [0.15, 0.2) is 108 Å². The van der Waals surface area contributed by atoms with Crippen LogP contribution in [0.4, 0.5) is 45.2 Å². The van der Waals surface area contributed by atoms with Crippen molar-refractivity contribution < 1.29 is 54.1 Å². The van der Waals surface area contributed by atoms with Crippen LogP contribution in [-0.4, -0.2) is 23.5 Å². The molecule has 4 nitrogen and oxygen atoms in total. The van der Waals surface area contributed by atoms with Gasteiger partial charge in [0, 0.05) is 22.2 Å². The maximum Gasteiger partial charge on any atom is 0.573 e. The normalized spacial score (nSPS) is 13.7. The number of benzene rings is 4. The van der Waals surface area contributed by atoms with Crippen molar-refractivity contribution in [1.29, 1.82) is 0 Å². The molecule has 14 heteroatoms. The Morgan fingerprint density at radius 2 is 1.32 bits per heavy atom.